The number of unbranched alkanes of at least 4 members (excludes halogenated alkanes) is 1. The van der Waals surface area contributed by atoms with Crippen molar-refractivity contribution in [3.63, 3.8) is 0 Å². The average molecular weight is 406 g/mol. The van der Waals surface area contributed by atoms with Crippen LogP contribution in [0.3, 0.4) is 0 Å². The number of nitrogens with one attached hydrogen (secondary N) is 1. The van der Waals surface area contributed by atoms with Crippen LogP contribution in [0.4, 0.5) is 15.9 Å². The fourth-order valence-electron chi connectivity index (χ4n) is 3.15. The molecule has 0 saturated heterocycles. The Kier molecular flexibility index (Phi) is 5.65. The lowest BCUT2D eigenvalue weighted by molar-refractivity contribution is -0.384. The Morgan fingerprint density at radius 3 is 2.57 bits per heavy atom. The molecule has 0 amide bonds. The summed E-state index contributed by atoms with van der Waals surface area (Å²) in [5.41, 5.74) is 2.73. The number of halogens is 1. The SMILES string of the molecule is O=[N+]([O-])c1ccc(-c2ccc(F)cc2)nc1NCCCCc1nc2ccccc2o1. The summed E-state index contributed by atoms with van der Waals surface area (Å²) >= 11 is 0. The molecule has 2 heterocycles. The number of nitrogens with zero attached hydrogens (tertiary/aromatic N) is 3. The van der Waals surface area contributed by atoms with E-state index in [1.54, 1.807) is 18.2 Å². The molecular formula is C22H19FN4O3. The van der Waals surface area contributed by atoms with Crippen molar-refractivity contribution in [1.29, 1.82) is 0 Å². The zero-order chi connectivity index (χ0) is 20.9. The summed E-state index contributed by atoms with van der Waals surface area (Å²) in [5, 5.41) is 14.4. The van der Waals surface area contributed by atoms with E-state index in [0.29, 0.717) is 30.1 Å². The van der Waals surface area contributed by atoms with Gasteiger partial charge in [0.15, 0.2) is 11.5 Å². The second-order valence-electron chi connectivity index (χ2n) is 6.79. The predicted molar refractivity (Wildman–Crippen MR) is 112 cm³/mol. The molecule has 8 heteroatoms. The molecule has 0 radical (unpaired) electrons. The zero-order valence-corrected chi connectivity index (χ0v) is 16.0. The third kappa shape index (κ3) is 4.43. The van der Waals surface area contributed by atoms with Crippen molar-refractivity contribution in [2.75, 3.05) is 11.9 Å². The number of rotatable bonds is 8. The number of hydrogen-bond donors (Lipinski definition) is 1. The highest BCUT2D eigenvalue weighted by atomic mass is 19.1. The number of oxazole rings is 1. The molecule has 0 bridgehead atoms. The Bertz CT molecular complexity index is 1140. The van der Waals surface area contributed by atoms with Crippen molar-refractivity contribution in [3.05, 3.63) is 82.5 Å². The topological polar surface area (TPSA) is 94.1 Å². The van der Waals surface area contributed by atoms with Crippen molar-refractivity contribution < 1.29 is 13.7 Å². The van der Waals surface area contributed by atoms with E-state index in [9.17, 15) is 14.5 Å². The van der Waals surface area contributed by atoms with Gasteiger partial charge in [0.05, 0.1) is 10.6 Å². The third-order valence-electron chi connectivity index (χ3n) is 4.66. The molecular weight excluding hydrogens is 387 g/mol. The third-order valence-corrected chi connectivity index (χ3v) is 4.66. The van der Waals surface area contributed by atoms with Crippen LogP contribution in [0.5, 0.6) is 0 Å². The number of aryl methyl sites for hydroxylation is 1. The molecule has 30 heavy (non-hydrogen) atoms. The molecule has 2 aromatic heterocycles. The Balaban J connectivity index is 1.38. The van der Waals surface area contributed by atoms with Crippen LogP contribution in [-0.2, 0) is 6.42 Å². The quantitative estimate of drug-likeness (QED) is 0.240. The number of hydrogen-bond acceptors (Lipinski definition) is 6. The molecule has 1 N–H and O–H groups in total. The van der Waals surface area contributed by atoms with Gasteiger partial charge >= 0.3 is 5.69 Å². The molecule has 0 aliphatic heterocycles. The van der Waals surface area contributed by atoms with Gasteiger partial charge in [-0.05, 0) is 55.3 Å². The number of fused-ring (bicyclic) bond motifs is 1. The zero-order valence-electron chi connectivity index (χ0n) is 16.0. The number of para-hydroxylation sites is 2. The Morgan fingerprint density at radius 1 is 1.00 bits per heavy atom. The number of benzene rings is 2. The molecule has 152 valence electrons. The van der Waals surface area contributed by atoms with Gasteiger partial charge in [-0.3, -0.25) is 10.1 Å². The first-order valence-electron chi connectivity index (χ1n) is 9.60. The standard InChI is InChI=1S/C22H19FN4O3/c23-16-10-8-15(9-11-16)17-12-13-19(27(28)29)22(26-17)24-14-4-3-7-21-25-18-5-1-2-6-20(18)30-21/h1-2,5-6,8-13H,3-4,7,14H2,(H,24,26). The van der Waals surface area contributed by atoms with E-state index in [1.807, 2.05) is 24.3 Å². The molecule has 0 atom stereocenters. The predicted octanol–water partition coefficient (Wildman–Crippen LogP) is 5.37. The molecule has 0 unspecified atom stereocenters. The lowest BCUT2D eigenvalue weighted by Crippen LogP contribution is -2.07. The smallest absolute Gasteiger partial charge is 0.311 e. The maximum absolute atomic E-state index is 13.1. The summed E-state index contributed by atoms with van der Waals surface area (Å²) in [6, 6.07) is 16.4. The van der Waals surface area contributed by atoms with E-state index in [-0.39, 0.29) is 17.3 Å². The molecule has 0 fully saturated rings. The van der Waals surface area contributed by atoms with Gasteiger partial charge in [-0.25, -0.2) is 14.4 Å². The van der Waals surface area contributed by atoms with Crippen molar-refractivity contribution >= 4 is 22.6 Å². The largest absolute Gasteiger partial charge is 0.441 e. The van der Waals surface area contributed by atoms with Crippen molar-refractivity contribution in [1.82, 2.24) is 9.97 Å². The summed E-state index contributed by atoms with van der Waals surface area (Å²) in [5.74, 6) is 0.528. The summed E-state index contributed by atoms with van der Waals surface area (Å²) in [7, 11) is 0. The van der Waals surface area contributed by atoms with Crippen molar-refractivity contribution in [2.45, 2.75) is 19.3 Å². The fraction of sp³-hybridized carbons (Fsp3) is 0.182. The monoisotopic (exact) mass is 406 g/mol. The highest BCUT2D eigenvalue weighted by Crippen LogP contribution is 2.27. The van der Waals surface area contributed by atoms with Crippen LogP contribution >= 0.6 is 0 Å². The minimum Gasteiger partial charge on any atom is -0.441 e. The lowest BCUT2D eigenvalue weighted by Gasteiger charge is -2.08. The number of pyridine rings is 1. The van der Waals surface area contributed by atoms with Crippen molar-refractivity contribution in [2.24, 2.45) is 0 Å². The Labute approximate surface area is 171 Å². The van der Waals surface area contributed by atoms with Crippen LogP contribution in [0, 0.1) is 15.9 Å². The second-order valence-corrected chi connectivity index (χ2v) is 6.79. The highest BCUT2D eigenvalue weighted by Gasteiger charge is 2.16. The molecule has 4 rings (SSSR count). The van der Waals surface area contributed by atoms with E-state index >= 15 is 0 Å². The summed E-state index contributed by atoms with van der Waals surface area (Å²) in [6.45, 7) is 0.515. The van der Waals surface area contributed by atoms with Gasteiger partial charge in [0.2, 0.25) is 5.82 Å². The second kappa shape index (κ2) is 8.69. The van der Waals surface area contributed by atoms with E-state index in [1.165, 1.54) is 18.2 Å². The number of nitro groups is 1. The Hall–Kier alpha value is -3.81. The maximum atomic E-state index is 13.1. The summed E-state index contributed by atoms with van der Waals surface area (Å²) < 4.78 is 18.8. The number of anilines is 1. The van der Waals surface area contributed by atoms with E-state index in [2.05, 4.69) is 15.3 Å². The van der Waals surface area contributed by atoms with Crippen LogP contribution in [0.25, 0.3) is 22.4 Å². The maximum Gasteiger partial charge on any atom is 0.311 e. The van der Waals surface area contributed by atoms with Crippen molar-refractivity contribution in [3.8, 4) is 11.3 Å². The summed E-state index contributed by atoms with van der Waals surface area (Å²) in [4.78, 5) is 19.7. The molecule has 7 nitrogen and oxygen atoms in total. The number of aromatic nitrogens is 2. The fourth-order valence-corrected chi connectivity index (χ4v) is 3.15. The van der Waals surface area contributed by atoms with E-state index in [0.717, 1.165) is 23.9 Å². The molecule has 0 saturated carbocycles. The van der Waals surface area contributed by atoms with E-state index in [4.69, 9.17) is 4.42 Å². The lowest BCUT2D eigenvalue weighted by atomic mass is 10.1. The van der Waals surface area contributed by atoms with Gasteiger partial charge in [0.1, 0.15) is 11.3 Å². The first kappa shape index (κ1) is 19.5. The van der Waals surface area contributed by atoms with Crippen LogP contribution in [0.1, 0.15) is 18.7 Å². The molecule has 4 aromatic rings. The van der Waals surface area contributed by atoms with Gasteiger partial charge in [0.25, 0.3) is 0 Å². The van der Waals surface area contributed by atoms with E-state index < -0.39 is 4.92 Å². The first-order chi connectivity index (χ1) is 14.6. The Morgan fingerprint density at radius 2 is 1.80 bits per heavy atom. The molecule has 0 aliphatic carbocycles. The highest BCUT2D eigenvalue weighted by molar-refractivity contribution is 5.72. The normalized spacial score (nSPS) is 11.0. The van der Waals surface area contributed by atoms with Gasteiger partial charge in [-0.1, -0.05) is 12.1 Å². The van der Waals surface area contributed by atoms with Gasteiger partial charge < -0.3 is 9.73 Å². The molecule has 2 aromatic carbocycles. The minimum atomic E-state index is -0.470. The van der Waals surface area contributed by atoms with Gasteiger partial charge in [0, 0.05) is 24.6 Å². The molecule has 0 spiro atoms. The van der Waals surface area contributed by atoms with Gasteiger partial charge in [-0.15, -0.1) is 0 Å². The van der Waals surface area contributed by atoms with Crippen LogP contribution < -0.4 is 5.32 Å². The van der Waals surface area contributed by atoms with Crippen LogP contribution in [0.2, 0.25) is 0 Å². The van der Waals surface area contributed by atoms with Crippen LogP contribution in [-0.4, -0.2) is 21.4 Å². The van der Waals surface area contributed by atoms with Crippen LogP contribution in [0.15, 0.2) is 65.1 Å². The molecule has 0 aliphatic rings. The average Bonchev–Trinajstić information content (AvgIpc) is 3.16. The summed E-state index contributed by atoms with van der Waals surface area (Å²) in [6.07, 6.45) is 2.26. The minimum absolute atomic E-state index is 0.0974. The van der Waals surface area contributed by atoms with Gasteiger partial charge in [-0.2, -0.15) is 0 Å². The first-order valence-corrected chi connectivity index (χ1v) is 9.60.